The molecule has 1 aromatic rings. The monoisotopic (exact) mass is 316 g/mol. The van der Waals surface area contributed by atoms with Gasteiger partial charge < -0.3 is 9.84 Å². The van der Waals surface area contributed by atoms with E-state index in [2.05, 4.69) is 20.9 Å². The molecule has 1 amide bonds. The molecule has 0 aliphatic heterocycles. The van der Waals surface area contributed by atoms with E-state index in [1.54, 1.807) is 39.2 Å². The molecule has 1 heterocycles. The molecule has 100 valence electrons. The topological polar surface area (TPSA) is 62.7 Å². The Labute approximate surface area is 115 Å². The second-order valence-corrected chi connectivity index (χ2v) is 5.63. The number of nitrogens with zero attached hydrogens (tertiary/aromatic N) is 2. The highest BCUT2D eigenvalue weighted by Crippen LogP contribution is 2.20. The van der Waals surface area contributed by atoms with E-state index in [0.717, 1.165) is 4.47 Å². The molecule has 0 aliphatic carbocycles. The van der Waals surface area contributed by atoms with Crippen LogP contribution < -0.4 is 4.90 Å². The lowest BCUT2D eigenvalue weighted by Crippen LogP contribution is -2.38. The molecule has 0 spiro atoms. The van der Waals surface area contributed by atoms with Gasteiger partial charge in [-0.2, -0.15) is 0 Å². The van der Waals surface area contributed by atoms with Crippen molar-refractivity contribution in [2.75, 3.05) is 18.1 Å². The molecule has 18 heavy (non-hydrogen) atoms. The third kappa shape index (κ3) is 4.62. The molecule has 0 radical (unpaired) electrons. The fourth-order valence-corrected chi connectivity index (χ4v) is 1.64. The minimum absolute atomic E-state index is 0.147. The summed E-state index contributed by atoms with van der Waals surface area (Å²) < 4.78 is 6.04. The van der Waals surface area contributed by atoms with Crippen molar-refractivity contribution in [1.29, 1.82) is 0 Å². The quantitative estimate of drug-likeness (QED) is 0.931. The van der Waals surface area contributed by atoms with Crippen LogP contribution in [0.15, 0.2) is 22.9 Å². The molecule has 6 heteroatoms. The molecule has 1 aromatic heterocycles. The normalized spacial score (nSPS) is 11.2. The smallest absolute Gasteiger partial charge is 0.414 e. The highest BCUT2D eigenvalue weighted by atomic mass is 79.9. The molecule has 0 saturated carbocycles. The first kappa shape index (κ1) is 14.9. The van der Waals surface area contributed by atoms with Gasteiger partial charge in [0.15, 0.2) is 0 Å². The number of carbonyl (C=O) groups excluding carboxylic acids is 1. The van der Waals surface area contributed by atoms with E-state index in [1.807, 2.05) is 0 Å². The standard InChI is InChI=1S/C12H17BrN2O3/c1-12(2,3)18-11(17)15(4-5-16)10-6-9(13)7-14-8-10/h6-8,16H,4-5H2,1-3H3. The van der Waals surface area contributed by atoms with Crippen LogP contribution in [-0.2, 0) is 4.74 Å². The Hall–Kier alpha value is -1.14. The first-order valence-corrected chi connectivity index (χ1v) is 6.35. The zero-order chi connectivity index (χ0) is 13.8. The van der Waals surface area contributed by atoms with E-state index in [4.69, 9.17) is 9.84 Å². The van der Waals surface area contributed by atoms with E-state index in [0.29, 0.717) is 5.69 Å². The number of carbonyl (C=O) groups is 1. The number of halogens is 1. The third-order valence-corrected chi connectivity index (χ3v) is 2.37. The van der Waals surface area contributed by atoms with E-state index in [9.17, 15) is 4.79 Å². The lowest BCUT2D eigenvalue weighted by molar-refractivity contribution is 0.0573. The van der Waals surface area contributed by atoms with Gasteiger partial charge in [0.05, 0.1) is 25.0 Å². The number of aliphatic hydroxyl groups excluding tert-OH is 1. The van der Waals surface area contributed by atoms with Gasteiger partial charge in [-0.15, -0.1) is 0 Å². The van der Waals surface area contributed by atoms with Crippen LogP contribution in [0, 0.1) is 0 Å². The van der Waals surface area contributed by atoms with Crippen LogP contribution in [0.25, 0.3) is 0 Å². The first-order chi connectivity index (χ1) is 8.33. The second kappa shape index (κ2) is 6.15. The molecule has 0 unspecified atom stereocenters. The summed E-state index contributed by atoms with van der Waals surface area (Å²) in [6.07, 6.45) is 2.66. The van der Waals surface area contributed by atoms with Crippen molar-refractivity contribution >= 4 is 27.7 Å². The molecule has 1 N–H and O–H groups in total. The highest BCUT2D eigenvalue weighted by molar-refractivity contribution is 9.10. The number of aromatic nitrogens is 1. The van der Waals surface area contributed by atoms with Crippen LogP contribution in [-0.4, -0.2) is 34.9 Å². The molecule has 5 nitrogen and oxygen atoms in total. The third-order valence-electron chi connectivity index (χ3n) is 1.94. The minimum atomic E-state index is -0.579. The van der Waals surface area contributed by atoms with E-state index in [-0.39, 0.29) is 13.2 Å². The molecule has 1 rings (SSSR count). The molecular weight excluding hydrogens is 300 g/mol. The number of rotatable bonds is 3. The van der Waals surface area contributed by atoms with Crippen molar-refractivity contribution in [3.05, 3.63) is 22.9 Å². The molecule has 0 saturated heterocycles. The fraction of sp³-hybridized carbons (Fsp3) is 0.500. The fourth-order valence-electron chi connectivity index (χ4n) is 1.29. The number of ether oxygens (including phenoxy) is 1. The van der Waals surface area contributed by atoms with Gasteiger partial charge in [0.25, 0.3) is 0 Å². The molecule has 0 aliphatic rings. The maximum Gasteiger partial charge on any atom is 0.414 e. The number of aliphatic hydroxyl groups is 1. The van der Waals surface area contributed by atoms with Gasteiger partial charge in [-0.05, 0) is 42.8 Å². The predicted molar refractivity (Wildman–Crippen MR) is 72.6 cm³/mol. The summed E-state index contributed by atoms with van der Waals surface area (Å²) in [7, 11) is 0. The lowest BCUT2D eigenvalue weighted by atomic mass is 10.2. The number of amides is 1. The average Bonchev–Trinajstić information content (AvgIpc) is 2.23. The van der Waals surface area contributed by atoms with Gasteiger partial charge in [-0.1, -0.05) is 0 Å². The van der Waals surface area contributed by atoms with Crippen molar-refractivity contribution in [2.45, 2.75) is 26.4 Å². The Balaban J connectivity index is 2.92. The van der Waals surface area contributed by atoms with Crippen LogP contribution >= 0.6 is 15.9 Å². The zero-order valence-corrected chi connectivity index (χ0v) is 12.3. The van der Waals surface area contributed by atoms with E-state index >= 15 is 0 Å². The minimum Gasteiger partial charge on any atom is -0.443 e. The average molecular weight is 317 g/mol. The van der Waals surface area contributed by atoms with Gasteiger partial charge >= 0.3 is 6.09 Å². The molecule has 0 atom stereocenters. The predicted octanol–water partition coefficient (Wildman–Crippen LogP) is 2.58. The Bertz CT molecular complexity index is 418. The van der Waals surface area contributed by atoms with Crippen molar-refractivity contribution in [2.24, 2.45) is 0 Å². The number of hydrogen-bond donors (Lipinski definition) is 1. The first-order valence-electron chi connectivity index (χ1n) is 5.55. The SMILES string of the molecule is CC(C)(C)OC(=O)N(CCO)c1cncc(Br)c1. The van der Waals surface area contributed by atoms with Crippen molar-refractivity contribution in [3.63, 3.8) is 0 Å². The maximum atomic E-state index is 12.0. The molecule has 0 aromatic carbocycles. The van der Waals surface area contributed by atoms with Gasteiger partial charge in [-0.3, -0.25) is 9.88 Å². The van der Waals surface area contributed by atoms with Crippen LogP contribution in [0.5, 0.6) is 0 Å². The summed E-state index contributed by atoms with van der Waals surface area (Å²) in [5.74, 6) is 0. The summed E-state index contributed by atoms with van der Waals surface area (Å²) in [4.78, 5) is 17.3. The largest absolute Gasteiger partial charge is 0.443 e. The summed E-state index contributed by atoms with van der Waals surface area (Å²) in [5, 5.41) is 9.03. The summed E-state index contributed by atoms with van der Waals surface area (Å²) in [5.41, 5.74) is -0.00259. The Morgan fingerprint density at radius 2 is 2.17 bits per heavy atom. The van der Waals surface area contributed by atoms with Crippen molar-refractivity contribution < 1.29 is 14.6 Å². The molecule has 0 fully saturated rings. The Kier molecular flexibility index (Phi) is 5.10. The summed E-state index contributed by atoms with van der Waals surface area (Å²) in [6.45, 7) is 5.39. The maximum absolute atomic E-state index is 12.0. The van der Waals surface area contributed by atoms with E-state index in [1.165, 1.54) is 4.90 Å². The van der Waals surface area contributed by atoms with Crippen LogP contribution in [0.4, 0.5) is 10.5 Å². The van der Waals surface area contributed by atoms with Gasteiger partial charge in [0.1, 0.15) is 5.60 Å². The number of anilines is 1. The Morgan fingerprint density at radius 1 is 1.50 bits per heavy atom. The number of pyridine rings is 1. The van der Waals surface area contributed by atoms with Gasteiger partial charge in [-0.25, -0.2) is 4.79 Å². The lowest BCUT2D eigenvalue weighted by Gasteiger charge is -2.26. The van der Waals surface area contributed by atoms with Gasteiger partial charge in [0, 0.05) is 10.7 Å². The van der Waals surface area contributed by atoms with Crippen LogP contribution in [0.1, 0.15) is 20.8 Å². The molecule has 0 bridgehead atoms. The second-order valence-electron chi connectivity index (χ2n) is 4.72. The number of hydrogen-bond acceptors (Lipinski definition) is 4. The summed E-state index contributed by atoms with van der Waals surface area (Å²) >= 11 is 3.29. The van der Waals surface area contributed by atoms with Crippen LogP contribution in [0.2, 0.25) is 0 Å². The van der Waals surface area contributed by atoms with Gasteiger partial charge in [0.2, 0.25) is 0 Å². The van der Waals surface area contributed by atoms with Crippen molar-refractivity contribution in [1.82, 2.24) is 4.98 Å². The Morgan fingerprint density at radius 3 is 2.67 bits per heavy atom. The van der Waals surface area contributed by atoms with Crippen molar-refractivity contribution in [3.8, 4) is 0 Å². The molecular formula is C12H17BrN2O3. The zero-order valence-electron chi connectivity index (χ0n) is 10.7. The van der Waals surface area contributed by atoms with Crippen LogP contribution in [0.3, 0.4) is 0 Å². The summed E-state index contributed by atoms with van der Waals surface area (Å²) in [6, 6.07) is 1.74. The highest BCUT2D eigenvalue weighted by Gasteiger charge is 2.23. The van der Waals surface area contributed by atoms with E-state index < -0.39 is 11.7 Å².